The van der Waals surface area contributed by atoms with Gasteiger partial charge in [0, 0.05) is 31.9 Å². The Morgan fingerprint density at radius 3 is 2.44 bits per heavy atom. The number of halogens is 1. The van der Waals surface area contributed by atoms with Gasteiger partial charge < -0.3 is 34.1 Å². The predicted molar refractivity (Wildman–Crippen MR) is 173 cm³/mol. The maximum atomic E-state index is 16.1. The van der Waals surface area contributed by atoms with Gasteiger partial charge in [0.15, 0.2) is 17.7 Å². The van der Waals surface area contributed by atoms with Crippen molar-refractivity contribution in [3.05, 3.63) is 84.1 Å². The summed E-state index contributed by atoms with van der Waals surface area (Å²) >= 11 is 0. The van der Waals surface area contributed by atoms with E-state index in [0.717, 1.165) is 18.6 Å². The summed E-state index contributed by atoms with van der Waals surface area (Å²) in [4.78, 5) is 38.5. The molecule has 3 N–H and O–H groups in total. The first-order chi connectivity index (χ1) is 22.6. The van der Waals surface area contributed by atoms with Gasteiger partial charge in [0.1, 0.15) is 24.0 Å². The highest BCUT2D eigenvalue weighted by molar-refractivity contribution is 7.52. The molecule has 2 heterocycles. The SMILES string of the molecule is COC1(C)NC(=O)C=CN1[C@@H]1O[C@H](COP(=O)(N[C@@H](C)C(=O)OC(C)C)Oc2ccc(C(=O)/C=C/c3ccccc3)cc2)[C@@H](O)[C@@]1(C)F. The minimum absolute atomic E-state index is 0.0185. The van der Waals surface area contributed by atoms with Crippen LogP contribution in [-0.4, -0.2) is 83.5 Å². The Labute approximate surface area is 278 Å². The molecule has 2 unspecified atom stereocenters. The lowest BCUT2D eigenvalue weighted by atomic mass is 9.97. The number of nitrogens with zero attached hydrogens (tertiary/aromatic N) is 1. The monoisotopic (exact) mass is 689 g/mol. The molecule has 0 aliphatic carbocycles. The van der Waals surface area contributed by atoms with Gasteiger partial charge in [-0.3, -0.25) is 18.9 Å². The van der Waals surface area contributed by atoms with Crippen molar-refractivity contribution in [3.63, 3.8) is 0 Å². The standard InChI is InChI=1S/C33H41FN3O10P/c1-21(2)45-30(41)22(3)36-48(42,47-25-15-13-24(14-16-25)26(38)17-12-23-10-8-7-9-11-23)44-20-27-29(40)32(4,34)31(46-27)37-19-18-28(39)35-33(37,5)43-6/h7-19,21-22,27,29,31,40H,20H2,1-6H3,(H,35,39)(H,36,42)/b17-12+/t22-,27+,29+,31+,32+,33?,48?/m0/s1. The Kier molecular flexibility index (Phi) is 11.6. The number of esters is 1. The fourth-order valence-electron chi connectivity index (χ4n) is 4.97. The number of carbonyl (C=O) groups excluding carboxylic acids is 3. The highest BCUT2D eigenvalue weighted by atomic mass is 31.2. The van der Waals surface area contributed by atoms with Crippen LogP contribution in [-0.2, 0) is 32.9 Å². The summed E-state index contributed by atoms with van der Waals surface area (Å²) in [6, 6.07) is 13.8. The number of amides is 1. The van der Waals surface area contributed by atoms with Crippen molar-refractivity contribution in [2.75, 3.05) is 13.7 Å². The van der Waals surface area contributed by atoms with Crippen LogP contribution < -0.4 is 14.9 Å². The minimum atomic E-state index is -4.47. The van der Waals surface area contributed by atoms with Crippen LogP contribution in [0.25, 0.3) is 6.08 Å². The summed E-state index contributed by atoms with van der Waals surface area (Å²) in [5, 5.41) is 16.0. The molecular formula is C33H41FN3O10P. The molecule has 48 heavy (non-hydrogen) atoms. The van der Waals surface area contributed by atoms with Crippen LogP contribution in [0.5, 0.6) is 5.75 Å². The largest absolute Gasteiger partial charge is 0.462 e. The van der Waals surface area contributed by atoms with E-state index in [1.807, 2.05) is 30.3 Å². The van der Waals surface area contributed by atoms with E-state index in [0.29, 0.717) is 5.56 Å². The molecule has 4 rings (SSSR count). The van der Waals surface area contributed by atoms with Gasteiger partial charge in [0.2, 0.25) is 11.8 Å². The highest BCUT2D eigenvalue weighted by Gasteiger charge is 2.59. The van der Waals surface area contributed by atoms with Crippen LogP contribution in [0.2, 0.25) is 0 Å². The summed E-state index contributed by atoms with van der Waals surface area (Å²) in [7, 11) is -3.16. The zero-order valence-electron chi connectivity index (χ0n) is 27.5. The second kappa shape index (κ2) is 15.1. The van der Waals surface area contributed by atoms with Crippen LogP contribution in [0.4, 0.5) is 4.39 Å². The molecule has 15 heteroatoms. The Hall–Kier alpha value is -3.91. The normalized spacial score (nSPS) is 27.5. The van der Waals surface area contributed by atoms with E-state index >= 15 is 4.39 Å². The Balaban J connectivity index is 1.52. The van der Waals surface area contributed by atoms with Gasteiger partial charge in [0.25, 0.3) is 0 Å². The number of aliphatic hydroxyl groups is 1. The van der Waals surface area contributed by atoms with Crippen LogP contribution in [0, 0.1) is 0 Å². The lowest BCUT2D eigenvalue weighted by molar-refractivity contribution is -0.213. The number of methoxy groups -OCH3 is 1. The number of benzene rings is 2. The molecule has 13 nitrogen and oxygen atoms in total. The third-order valence-corrected chi connectivity index (χ3v) is 9.30. The summed E-state index contributed by atoms with van der Waals surface area (Å²) in [5.74, 6) is -3.00. The zero-order valence-corrected chi connectivity index (χ0v) is 28.4. The number of hydrogen-bond acceptors (Lipinski definition) is 11. The van der Waals surface area contributed by atoms with E-state index in [2.05, 4.69) is 10.4 Å². The van der Waals surface area contributed by atoms with Crippen molar-refractivity contribution in [3.8, 4) is 5.75 Å². The van der Waals surface area contributed by atoms with Crippen molar-refractivity contribution < 1.29 is 51.7 Å². The van der Waals surface area contributed by atoms with Gasteiger partial charge in [-0.2, -0.15) is 5.09 Å². The summed E-state index contributed by atoms with van der Waals surface area (Å²) in [5.41, 5.74) is -1.25. The molecule has 1 fully saturated rings. The van der Waals surface area contributed by atoms with Crippen LogP contribution in [0.15, 0.2) is 72.9 Å². The summed E-state index contributed by atoms with van der Waals surface area (Å²) in [6.45, 7) is 6.63. The number of ketones is 1. The molecule has 7 atom stereocenters. The van der Waals surface area contributed by atoms with Gasteiger partial charge in [-0.1, -0.05) is 36.4 Å². The number of rotatable bonds is 14. The van der Waals surface area contributed by atoms with Gasteiger partial charge in [-0.05, 0) is 63.6 Å². The van der Waals surface area contributed by atoms with E-state index in [4.69, 9.17) is 23.3 Å². The first-order valence-corrected chi connectivity index (χ1v) is 16.8. The molecule has 2 aliphatic heterocycles. The Bertz CT molecular complexity index is 1570. The van der Waals surface area contributed by atoms with Crippen molar-refractivity contribution in [2.45, 2.75) is 76.7 Å². The van der Waals surface area contributed by atoms with Gasteiger partial charge >= 0.3 is 13.7 Å². The number of carbonyl (C=O) groups is 3. The molecule has 1 saturated heterocycles. The average Bonchev–Trinajstić information content (AvgIpc) is 3.26. The van der Waals surface area contributed by atoms with Crippen molar-refractivity contribution >= 4 is 31.5 Å². The molecule has 2 aromatic carbocycles. The second-order valence-electron chi connectivity index (χ2n) is 11.9. The molecule has 0 bridgehead atoms. The van der Waals surface area contributed by atoms with Crippen LogP contribution in [0.3, 0.4) is 0 Å². The molecule has 2 aromatic rings. The van der Waals surface area contributed by atoms with Crippen molar-refractivity contribution in [1.29, 1.82) is 0 Å². The van der Waals surface area contributed by atoms with Crippen molar-refractivity contribution in [1.82, 2.24) is 15.3 Å². The average molecular weight is 690 g/mol. The second-order valence-corrected chi connectivity index (χ2v) is 13.6. The van der Waals surface area contributed by atoms with Crippen LogP contribution >= 0.6 is 7.75 Å². The lowest BCUT2D eigenvalue weighted by Gasteiger charge is -2.46. The highest BCUT2D eigenvalue weighted by Crippen LogP contribution is 2.47. The fourth-order valence-corrected chi connectivity index (χ4v) is 6.47. The predicted octanol–water partition coefficient (Wildman–Crippen LogP) is 4.10. The maximum Gasteiger partial charge on any atom is 0.459 e. The third-order valence-electron chi connectivity index (χ3n) is 7.66. The van der Waals surface area contributed by atoms with Crippen LogP contribution in [0.1, 0.15) is 50.5 Å². The number of alkyl halides is 1. The van der Waals surface area contributed by atoms with Gasteiger partial charge in [0.05, 0.1) is 12.7 Å². The Morgan fingerprint density at radius 1 is 1.15 bits per heavy atom. The molecule has 0 spiro atoms. The summed E-state index contributed by atoms with van der Waals surface area (Å²) < 4.78 is 58.0. The van der Waals surface area contributed by atoms with E-state index in [-0.39, 0.29) is 11.5 Å². The van der Waals surface area contributed by atoms with E-state index in [1.165, 1.54) is 62.4 Å². The first-order valence-electron chi connectivity index (χ1n) is 15.2. The lowest BCUT2D eigenvalue weighted by Crippen LogP contribution is -2.66. The molecule has 1 amide bonds. The number of nitrogens with one attached hydrogen (secondary N) is 2. The minimum Gasteiger partial charge on any atom is -0.462 e. The number of ether oxygens (including phenoxy) is 3. The molecular weight excluding hydrogens is 648 g/mol. The zero-order chi connectivity index (χ0) is 35.3. The van der Waals surface area contributed by atoms with E-state index in [1.54, 1.807) is 19.9 Å². The Morgan fingerprint density at radius 2 is 1.81 bits per heavy atom. The molecule has 2 aliphatic rings. The first kappa shape index (κ1) is 36.9. The topological polar surface area (TPSA) is 162 Å². The van der Waals surface area contributed by atoms with Gasteiger partial charge in [-0.15, -0.1) is 0 Å². The molecule has 0 radical (unpaired) electrons. The number of hydrogen-bond donors (Lipinski definition) is 3. The molecule has 0 saturated carbocycles. The molecule has 260 valence electrons. The van der Waals surface area contributed by atoms with E-state index in [9.17, 15) is 24.1 Å². The fraction of sp³-hybridized carbons (Fsp3) is 0.424. The maximum absolute atomic E-state index is 16.1. The van der Waals surface area contributed by atoms with Crippen molar-refractivity contribution in [2.24, 2.45) is 0 Å². The molecule has 0 aromatic heterocycles. The quantitative estimate of drug-likeness (QED) is 0.113. The number of allylic oxidation sites excluding steroid dienone is 1. The summed E-state index contributed by atoms with van der Waals surface area (Å²) in [6.07, 6.45) is 0.419. The third kappa shape index (κ3) is 8.76. The number of aliphatic hydroxyl groups excluding tert-OH is 1. The smallest absolute Gasteiger partial charge is 0.459 e. The van der Waals surface area contributed by atoms with Gasteiger partial charge in [-0.25, -0.2) is 8.96 Å². The van der Waals surface area contributed by atoms with E-state index < -0.39 is 68.3 Å².